The van der Waals surface area contributed by atoms with E-state index in [1.165, 1.54) is 19.1 Å². The van der Waals surface area contributed by atoms with Crippen molar-refractivity contribution in [3.8, 4) is 5.75 Å². The van der Waals surface area contributed by atoms with E-state index in [-0.39, 0.29) is 18.9 Å². The van der Waals surface area contributed by atoms with Gasteiger partial charge < -0.3 is 19.7 Å². The van der Waals surface area contributed by atoms with Gasteiger partial charge in [0.2, 0.25) is 11.8 Å². The predicted octanol–water partition coefficient (Wildman–Crippen LogP) is 1.52. The fourth-order valence-electron chi connectivity index (χ4n) is 5.22. The van der Waals surface area contributed by atoms with Crippen molar-refractivity contribution in [3.05, 3.63) is 60.2 Å². The summed E-state index contributed by atoms with van der Waals surface area (Å²) in [5.41, 5.74) is -0.0593. The number of nitrogens with one attached hydrogen (secondary N) is 2. The molecule has 2 saturated heterocycles. The van der Waals surface area contributed by atoms with E-state index in [0.29, 0.717) is 11.4 Å². The number of esters is 1. The molecule has 0 radical (unpaired) electrons. The van der Waals surface area contributed by atoms with Gasteiger partial charge in [-0.25, -0.2) is 4.79 Å². The summed E-state index contributed by atoms with van der Waals surface area (Å²) in [6.07, 6.45) is 0.160. The molecule has 4 atom stereocenters. The minimum absolute atomic E-state index is 0.0869. The third-order valence-corrected chi connectivity index (χ3v) is 7.01. The Morgan fingerprint density at radius 3 is 2.33 bits per heavy atom. The molecule has 0 unspecified atom stereocenters. The van der Waals surface area contributed by atoms with E-state index in [1.54, 1.807) is 38.4 Å². The van der Waals surface area contributed by atoms with Crippen molar-refractivity contribution >= 4 is 29.5 Å². The number of urea groups is 1. The zero-order valence-corrected chi connectivity index (χ0v) is 20.7. The first-order chi connectivity index (χ1) is 17.2. The third kappa shape index (κ3) is 4.39. The van der Waals surface area contributed by atoms with Crippen LogP contribution in [-0.4, -0.2) is 80.1 Å². The molecule has 0 saturated carbocycles. The summed E-state index contributed by atoms with van der Waals surface area (Å²) < 4.78 is 10.3. The monoisotopic (exact) mass is 494 g/mol. The maximum atomic E-state index is 13.2. The Bertz CT molecular complexity index is 1150. The highest BCUT2D eigenvalue weighted by Crippen LogP contribution is 2.44. The lowest BCUT2D eigenvalue weighted by Crippen LogP contribution is -2.59. The van der Waals surface area contributed by atoms with Gasteiger partial charge in [0.15, 0.2) is 0 Å². The molecule has 10 nitrogen and oxygen atoms in total. The predicted molar refractivity (Wildman–Crippen MR) is 131 cm³/mol. The number of benzene rings is 2. The molecule has 36 heavy (non-hydrogen) atoms. The largest absolute Gasteiger partial charge is 0.497 e. The van der Waals surface area contributed by atoms with Gasteiger partial charge in [-0.2, -0.15) is 0 Å². The Morgan fingerprint density at radius 2 is 1.72 bits per heavy atom. The fourth-order valence-corrected chi connectivity index (χ4v) is 5.22. The van der Waals surface area contributed by atoms with Gasteiger partial charge in [0, 0.05) is 38.8 Å². The number of anilines is 1. The van der Waals surface area contributed by atoms with Crippen LogP contribution in [0.1, 0.15) is 5.56 Å². The zero-order chi connectivity index (χ0) is 26.0. The first-order valence-corrected chi connectivity index (χ1v) is 11.6. The number of methoxy groups -OCH3 is 2. The summed E-state index contributed by atoms with van der Waals surface area (Å²) in [5, 5.41) is 6.07. The second kappa shape index (κ2) is 9.98. The molecule has 2 fully saturated rings. The molecule has 4 rings (SSSR count). The topological polar surface area (TPSA) is 117 Å². The van der Waals surface area contributed by atoms with Crippen molar-refractivity contribution in [1.29, 1.82) is 0 Å². The van der Waals surface area contributed by atoms with Gasteiger partial charge in [-0.3, -0.25) is 24.6 Å². The highest BCUT2D eigenvalue weighted by atomic mass is 16.5. The summed E-state index contributed by atoms with van der Waals surface area (Å²) in [6, 6.07) is 15.1. The number of fused-ring (bicyclic) bond motifs is 1. The van der Waals surface area contributed by atoms with Crippen molar-refractivity contribution < 1.29 is 28.7 Å². The first-order valence-electron chi connectivity index (χ1n) is 11.6. The molecule has 0 aromatic heterocycles. The molecule has 0 aliphatic carbocycles. The molecule has 2 N–H and O–H groups in total. The summed E-state index contributed by atoms with van der Waals surface area (Å²) in [4.78, 5) is 55.0. The number of likely N-dealkylation sites (N-methyl/N-ethyl adjacent to an activating group) is 1. The van der Waals surface area contributed by atoms with Crippen LogP contribution in [-0.2, 0) is 25.5 Å². The minimum Gasteiger partial charge on any atom is -0.497 e. The number of likely N-dealkylation sites (tertiary alicyclic amines) is 1. The van der Waals surface area contributed by atoms with Gasteiger partial charge in [-0.15, -0.1) is 0 Å². The third-order valence-electron chi connectivity index (χ3n) is 7.01. The number of rotatable bonds is 7. The van der Waals surface area contributed by atoms with Crippen molar-refractivity contribution in [2.45, 2.75) is 18.0 Å². The standard InChI is InChI=1S/C26H30N4O6/c1-29(25(34)27-17-10-12-18(35-3)13-11-17)15-19-20-21(23(32)30(2)22(20)31)26(28-19,24(33)36-4)14-16-8-6-5-7-9-16/h5-13,19-21,28H,14-15H2,1-4H3,(H,27,34)/t19-,20+,21-,26-/m1/s1. The van der Waals surface area contributed by atoms with Crippen molar-refractivity contribution in [3.63, 3.8) is 0 Å². The Balaban J connectivity index is 1.60. The van der Waals surface area contributed by atoms with Gasteiger partial charge in [0.1, 0.15) is 11.3 Å². The Kier molecular flexibility index (Phi) is 6.98. The van der Waals surface area contributed by atoms with Gasteiger partial charge in [0.05, 0.1) is 26.1 Å². The maximum Gasteiger partial charge on any atom is 0.327 e. The van der Waals surface area contributed by atoms with Gasteiger partial charge in [-0.05, 0) is 29.8 Å². The number of hydrogen-bond acceptors (Lipinski definition) is 7. The zero-order valence-electron chi connectivity index (χ0n) is 20.7. The summed E-state index contributed by atoms with van der Waals surface area (Å²) in [7, 11) is 5.83. The van der Waals surface area contributed by atoms with Crippen LogP contribution in [0, 0.1) is 11.8 Å². The molecule has 190 valence electrons. The second-order valence-corrected chi connectivity index (χ2v) is 9.15. The SMILES string of the molecule is COC(=O)[C@]1(Cc2ccccc2)N[C@H](CN(C)C(=O)Nc2ccc(OC)cc2)[C@@H]2C(=O)N(C)C(=O)[C@@H]21. The highest BCUT2D eigenvalue weighted by Gasteiger charge is 2.68. The van der Waals surface area contributed by atoms with Gasteiger partial charge in [-0.1, -0.05) is 30.3 Å². The van der Waals surface area contributed by atoms with Gasteiger partial charge in [0.25, 0.3) is 0 Å². The summed E-state index contributed by atoms with van der Waals surface area (Å²) >= 11 is 0. The van der Waals surface area contributed by atoms with Crippen LogP contribution >= 0.6 is 0 Å². The van der Waals surface area contributed by atoms with E-state index in [9.17, 15) is 19.2 Å². The Morgan fingerprint density at radius 1 is 1.06 bits per heavy atom. The molecule has 2 aromatic rings. The second-order valence-electron chi connectivity index (χ2n) is 9.15. The van der Waals surface area contributed by atoms with Crippen LogP contribution < -0.4 is 15.4 Å². The molecule has 4 amide bonds. The van der Waals surface area contributed by atoms with E-state index in [4.69, 9.17) is 9.47 Å². The van der Waals surface area contributed by atoms with Crippen LogP contribution in [0.25, 0.3) is 0 Å². The molecule has 2 heterocycles. The molecule has 10 heteroatoms. The molecule has 0 bridgehead atoms. The first kappa shape index (κ1) is 25.2. The summed E-state index contributed by atoms with van der Waals surface area (Å²) in [6.45, 7) is 0.0869. The van der Waals surface area contributed by atoms with E-state index in [0.717, 1.165) is 10.5 Å². The van der Waals surface area contributed by atoms with Crippen LogP contribution in [0.15, 0.2) is 54.6 Å². The van der Waals surface area contributed by atoms with Crippen LogP contribution in [0.4, 0.5) is 10.5 Å². The molecule has 0 spiro atoms. The quantitative estimate of drug-likeness (QED) is 0.443. The molecule has 2 aliphatic heterocycles. The molecular formula is C26H30N4O6. The lowest BCUT2D eigenvalue weighted by atomic mass is 9.76. The lowest BCUT2D eigenvalue weighted by molar-refractivity contribution is -0.153. The van der Waals surface area contributed by atoms with Gasteiger partial charge >= 0.3 is 12.0 Å². The van der Waals surface area contributed by atoms with E-state index in [1.807, 2.05) is 30.3 Å². The van der Waals surface area contributed by atoms with Crippen molar-refractivity contribution in [2.75, 3.05) is 40.2 Å². The smallest absolute Gasteiger partial charge is 0.327 e. The number of nitrogens with zero attached hydrogens (tertiary/aromatic N) is 2. The van der Waals surface area contributed by atoms with Crippen molar-refractivity contribution in [2.24, 2.45) is 11.8 Å². The van der Waals surface area contributed by atoms with E-state index >= 15 is 0 Å². The van der Waals surface area contributed by atoms with Crippen LogP contribution in [0.2, 0.25) is 0 Å². The Labute approximate surface area is 209 Å². The highest BCUT2D eigenvalue weighted by molar-refractivity contribution is 6.09. The van der Waals surface area contributed by atoms with E-state index < -0.39 is 41.3 Å². The average Bonchev–Trinajstić information content (AvgIpc) is 3.33. The number of imide groups is 1. The number of hydrogen-bond donors (Lipinski definition) is 2. The molecule has 2 aliphatic rings. The number of amides is 4. The fraction of sp³-hybridized carbons (Fsp3) is 0.385. The molecular weight excluding hydrogens is 464 g/mol. The summed E-state index contributed by atoms with van der Waals surface area (Å²) in [5.74, 6) is -2.55. The maximum absolute atomic E-state index is 13.2. The number of carbonyl (C=O) groups excluding carboxylic acids is 4. The molecule has 2 aromatic carbocycles. The number of carbonyl (C=O) groups is 4. The van der Waals surface area contributed by atoms with Crippen LogP contribution in [0.3, 0.4) is 0 Å². The number of ether oxygens (including phenoxy) is 2. The van der Waals surface area contributed by atoms with Crippen molar-refractivity contribution in [1.82, 2.24) is 15.1 Å². The van der Waals surface area contributed by atoms with E-state index in [2.05, 4.69) is 10.6 Å². The average molecular weight is 495 g/mol. The minimum atomic E-state index is -1.45. The lowest BCUT2D eigenvalue weighted by Gasteiger charge is -2.32. The Hall–Kier alpha value is -3.92. The normalized spacial score (nSPS) is 24.9. The van der Waals surface area contributed by atoms with Crippen LogP contribution in [0.5, 0.6) is 5.75 Å².